The smallest absolute Gasteiger partial charge is 0.239 e. The summed E-state index contributed by atoms with van der Waals surface area (Å²) < 4.78 is 7.38. The number of anilines is 1. The fourth-order valence-electron chi connectivity index (χ4n) is 4.07. The number of carbonyl (C=O) groups excluding carboxylic acids is 2. The number of hydrogen-bond donors (Lipinski definition) is 2. The Morgan fingerprint density at radius 3 is 2.34 bits per heavy atom. The van der Waals surface area contributed by atoms with Crippen molar-refractivity contribution in [1.29, 1.82) is 5.26 Å². The van der Waals surface area contributed by atoms with E-state index in [1.807, 2.05) is 30.5 Å². The van der Waals surface area contributed by atoms with E-state index in [2.05, 4.69) is 26.5 Å². The van der Waals surface area contributed by atoms with E-state index in [0.29, 0.717) is 30.5 Å². The Balaban J connectivity index is 1.33. The third-order valence-corrected chi connectivity index (χ3v) is 6.23. The van der Waals surface area contributed by atoms with Crippen LogP contribution >= 0.6 is 0 Å². The molecule has 2 N–H and O–H groups in total. The van der Waals surface area contributed by atoms with Gasteiger partial charge in [-0.1, -0.05) is 0 Å². The lowest BCUT2D eigenvalue weighted by Crippen LogP contribution is -2.51. The van der Waals surface area contributed by atoms with Crippen molar-refractivity contribution in [2.45, 2.75) is 39.3 Å². The van der Waals surface area contributed by atoms with Gasteiger partial charge in [-0.2, -0.15) is 5.26 Å². The van der Waals surface area contributed by atoms with Crippen molar-refractivity contribution in [3.05, 3.63) is 41.0 Å². The first kappa shape index (κ1) is 22.1. The minimum absolute atomic E-state index is 0.0887. The molecule has 2 amide bonds. The third kappa shape index (κ3) is 5.21. The van der Waals surface area contributed by atoms with Crippen molar-refractivity contribution in [1.82, 2.24) is 19.7 Å². The monoisotopic (exact) mass is 438 g/mol. The summed E-state index contributed by atoms with van der Waals surface area (Å²) in [7, 11) is 0. The van der Waals surface area contributed by atoms with E-state index in [-0.39, 0.29) is 18.4 Å². The molecule has 0 bridgehead atoms. The fraction of sp³-hybridized carbons (Fsp3) is 0.522. The molecule has 3 heterocycles. The molecule has 32 heavy (non-hydrogen) atoms. The molecule has 170 valence electrons. The number of piperazine rings is 1. The van der Waals surface area contributed by atoms with Gasteiger partial charge in [-0.15, -0.1) is 0 Å². The van der Waals surface area contributed by atoms with Gasteiger partial charge in [-0.05, 0) is 44.4 Å². The van der Waals surface area contributed by atoms with Crippen LogP contribution in [-0.4, -0.2) is 71.5 Å². The van der Waals surface area contributed by atoms with Gasteiger partial charge in [0.25, 0.3) is 0 Å². The van der Waals surface area contributed by atoms with E-state index in [1.54, 1.807) is 6.26 Å². The molecule has 2 fully saturated rings. The van der Waals surface area contributed by atoms with Crippen LogP contribution in [0.15, 0.2) is 22.8 Å². The predicted octanol–water partition coefficient (Wildman–Crippen LogP) is 1.45. The number of hydrogen-bond acceptors (Lipinski definition) is 6. The van der Waals surface area contributed by atoms with E-state index in [1.165, 1.54) is 0 Å². The zero-order chi connectivity index (χ0) is 22.7. The molecule has 2 aromatic rings. The van der Waals surface area contributed by atoms with Gasteiger partial charge in [0.1, 0.15) is 17.6 Å². The number of aromatic nitrogens is 1. The minimum Gasteiger partial charge on any atom is -0.467 e. The van der Waals surface area contributed by atoms with Crippen molar-refractivity contribution in [3.8, 4) is 6.07 Å². The third-order valence-electron chi connectivity index (χ3n) is 6.23. The van der Waals surface area contributed by atoms with Crippen LogP contribution in [0.3, 0.4) is 0 Å². The highest BCUT2D eigenvalue weighted by Crippen LogP contribution is 2.27. The van der Waals surface area contributed by atoms with Crippen LogP contribution in [0.5, 0.6) is 0 Å². The molecule has 1 aliphatic heterocycles. The Labute approximate surface area is 187 Å². The van der Waals surface area contributed by atoms with E-state index in [9.17, 15) is 14.9 Å². The summed E-state index contributed by atoms with van der Waals surface area (Å²) in [5.74, 6) is 1.20. The van der Waals surface area contributed by atoms with Gasteiger partial charge in [0, 0.05) is 37.9 Å². The van der Waals surface area contributed by atoms with Gasteiger partial charge in [-0.3, -0.25) is 19.4 Å². The predicted molar refractivity (Wildman–Crippen MR) is 119 cm³/mol. The van der Waals surface area contributed by atoms with Crippen molar-refractivity contribution in [3.63, 3.8) is 0 Å². The molecule has 1 saturated carbocycles. The van der Waals surface area contributed by atoms with Crippen LogP contribution in [0.25, 0.3) is 0 Å². The summed E-state index contributed by atoms with van der Waals surface area (Å²) in [4.78, 5) is 29.0. The molecule has 2 aromatic heterocycles. The Bertz CT molecular complexity index is 1010. The van der Waals surface area contributed by atoms with Crippen LogP contribution in [-0.2, 0) is 16.1 Å². The summed E-state index contributed by atoms with van der Waals surface area (Å²) in [5.41, 5.74) is 2.26. The lowest BCUT2D eigenvalue weighted by atomic mass is 10.2. The van der Waals surface area contributed by atoms with Crippen LogP contribution in [0, 0.1) is 25.2 Å². The second-order valence-electron chi connectivity index (χ2n) is 8.65. The van der Waals surface area contributed by atoms with E-state index in [0.717, 1.165) is 56.0 Å². The molecule has 0 aromatic carbocycles. The fourth-order valence-corrected chi connectivity index (χ4v) is 4.07. The average molecular weight is 439 g/mol. The van der Waals surface area contributed by atoms with Gasteiger partial charge < -0.3 is 19.6 Å². The van der Waals surface area contributed by atoms with Gasteiger partial charge >= 0.3 is 0 Å². The molecule has 0 spiro atoms. The molecule has 1 saturated heterocycles. The molecular weight excluding hydrogens is 408 g/mol. The standard InChI is InChI=1S/C23H30N6O3/c1-16-17(2)29(13-19-4-3-11-32-19)23(20(16)12-24)26-22(31)15-28-9-7-27(8-10-28)14-21(30)25-18-5-6-18/h3-4,11,18H,5-10,13-15H2,1-2H3,(H,25,30)(H,26,31). The Morgan fingerprint density at radius 1 is 1.12 bits per heavy atom. The molecule has 0 radical (unpaired) electrons. The zero-order valence-electron chi connectivity index (χ0n) is 18.7. The summed E-state index contributed by atoms with van der Waals surface area (Å²) >= 11 is 0. The highest BCUT2D eigenvalue weighted by atomic mass is 16.3. The van der Waals surface area contributed by atoms with Crippen LogP contribution < -0.4 is 10.6 Å². The molecule has 4 rings (SSSR count). The first-order valence-electron chi connectivity index (χ1n) is 11.1. The molecule has 0 unspecified atom stereocenters. The topological polar surface area (TPSA) is 107 Å². The zero-order valence-corrected chi connectivity index (χ0v) is 18.7. The maximum atomic E-state index is 12.8. The summed E-state index contributed by atoms with van der Waals surface area (Å²) in [6.07, 6.45) is 3.79. The Kier molecular flexibility index (Phi) is 6.63. The van der Waals surface area contributed by atoms with E-state index in [4.69, 9.17) is 4.42 Å². The number of nitrogens with zero attached hydrogens (tertiary/aromatic N) is 4. The average Bonchev–Trinajstić information content (AvgIpc) is 3.36. The maximum Gasteiger partial charge on any atom is 0.239 e. The second-order valence-corrected chi connectivity index (χ2v) is 8.65. The largest absolute Gasteiger partial charge is 0.467 e. The summed E-state index contributed by atoms with van der Waals surface area (Å²) in [6.45, 7) is 7.88. The summed E-state index contributed by atoms with van der Waals surface area (Å²) in [5, 5.41) is 15.7. The van der Waals surface area contributed by atoms with Crippen LogP contribution in [0.4, 0.5) is 5.82 Å². The van der Waals surface area contributed by atoms with Gasteiger partial charge in [0.05, 0.1) is 31.5 Å². The highest BCUT2D eigenvalue weighted by Gasteiger charge is 2.26. The number of carbonyl (C=O) groups is 2. The number of amides is 2. The highest BCUT2D eigenvalue weighted by molar-refractivity contribution is 5.93. The lowest BCUT2D eigenvalue weighted by Gasteiger charge is -2.33. The number of nitrogens with one attached hydrogen (secondary N) is 2. The molecule has 1 aliphatic carbocycles. The Morgan fingerprint density at radius 2 is 1.78 bits per heavy atom. The van der Waals surface area contributed by atoms with E-state index < -0.39 is 0 Å². The minimum atomic E-state index is -0.153. The van der Waals surface area contributed by atoms with E-state index >= 15 is 0 Å². The van der Waals surface area contributed by atoms with Crippen LogP contribution in [0.2, 0.25) is 0 Å². The first-order valence-corrected chi connectivity index (χ1v) is 11.1. The maximum absolute atomic E-state index is 12.8. The molecule has 9 heteroatoms. The summed E-state index contributed by atoms with van der Waals surface area (Å²) in [6, 6.07) is 6.30. The quantitative estimate of drug-likeness (QED) is 0.646. The van der Waals surface area contributed by atoms with Crippen LogP contribution in [0.1, 0.15) is 35.4 Å². The molecule has 2 aliphatic rings. The Hall–Kier alpha value is -3.09. The molecular formula is C23H30N6O3. The number of furan rings is 1. The van der Waals surface area contributed by atoms with Gasteiger partial charge in [-0.25, -0.2) is 0 Å². The van der Waals surface area contributed by atoms with Crippen molar-refractivity contribution in [2.24, 2.45) is 0 Å². The molecule has 9 nitrogen and oxygen atoms in total. The SMILES string of the molecule is Cc1c(C#N)c(NC(=O)CN2CCN(CC(=O)NC3CC3)CC2)n(Cc2ccco2)c1C. The van der Waals surface area contributed by atoms with Crippen molar-refractivity contribution in [2.75, 3.05) is 44.6 Å². The van der Waals surface area contributed by atoms with Gasteiger partial charge in [0.15, 0.2) is 0 Å². The van der Waals surface area contributed by atoms with Crippen molar-refractivity contribution >= 4 is 17.6 Å². The lowest BCUT2D eigenvalue weighted by molar-refractivity contribution is -0.123. The number of rotatable bonds is 8. The second kappa shape index (κ2) is 9.59. The normalized spacial score (nSPS) is 17.2. The first-order chi connectivity index (χ1) is 15.4. The molecule has 0 atom stereocenters. The van der Waals surface area contributed by atoms with Gasteiger partial charge in [0.2, 0.25) is 11.8 Å². The van der Waals surface area contributed by atoms with Crippen molar-refractivity contribution < 1.29 is 14.0 Å². The number of nitriles is 1.